The molecule has 2 aromatic carbocycles. The van der Waals surface area contributed by atoms with E-state index in [-0.39, 0.29) is 17.0 Å². The molecular formula is C23H22N2O5. The minimum Gasteiger partial charge on any atom is -0.459 e. The van der Waals surface area contributed by atoms with Crippen molar-refractivity contribution in [2.24, 2.45) is 0 Å². The number of ether oxygens (including phenoxy) is 1. The lowest BCUT2D eigenvalue weighted by atomic mass is 10.1. The van der Waals surface area contributed by atoms with E-state index in [9.17, 15) is 14.4 Å². The van der Waals surface area contributed by atoms with Crippen molar-refractivity contribution in [1.29, 1.82) is 0 Å². The van der Waals surface area contributed by atoms with Crippen LogP contribution in [0, 0.1) is 20.8 Å². The fourth-order valence-electron chi connectivity index (χ4n) is 3.12. The number of aryl methyl sites for hydroxylation is 3. The molecule has 2 N–H and O–H groups in total. The van der Waals surface area contributed by atoms with Gasteiger partial charge in [0.25, 0.3) is 11.8 Å². The van der Waals surface area contributed by atoms with Crippen LogP contribution in [0.15, 0.2) is 59.2 Å². The largest absolute Gasteiger partial charge is 0.459 e. The fraction of sp³-hybridized carbons (Fsp3) is 0.174. The SMILES string of the molecule is Cc1cc(C)c(NC(=O)COC(=O)c2ccccc2NC(=O)c2ccco2)c(C)c1. The van der Waals surface area contributed by atoms with Gasteiger partial charge in [0, 0.05) is 5.69 Å². The first-order chi connectivity index (χ1) is 14.3. The molecule has 0 unspecified atom stereocenters. The number of esters is 1. The molecule has 0 aliphatic heterocycles. The van der Waals surface area contributed by atoms with Gasteiger partial charge in [-0.15, -0.1) is 0 Å². The molecule has 2 amide bonds. The second kappa shape index (κ2) is 9.09. The Morgan fingerprint density at radius 2 is 1.63 bits per heavy atom. The molecule has 0 aliphatic rings. The predicted molar refractivity (Wildman–Crippen MR) is 113 cm³/mol. The second-order valence-corrected chi connectivity index (χ2v) is 6.88. The first-order valence-corrected chi connectivity index (χ1v) is 9.34. The standard InChI is InChI=1S/C23H22N2O5/c1-14-11-15(2)21(16(3)12-14)25-20(26)13-30-23(28)17-7-4-5-8-18(17)24-22(27)19-9-6-10-29-19/h4-12H,13H2,1-3H3,(H,24,27)(H,25,26). The molecule has 3 rings (SSSR count). The molecular weight excluding hydrogens is 384 g/mol. The topological polar surface area (TPSA) is 97.6 Å². The molecule has 0 atom stereocenters. The van der Waals surface area contributed by atoms with Crippen LogP contribution in [0.25, 0.3) is 0 Å². The van der Waals surface area contributed by atoms with Crippen LogP contribution in [-0.2, 0) is 9.53 Å². The van der Waals surface area contributed by atoms with Crippen molar-refractivity contribution in [3.63, 3.8) is 0 Å². The van der Waals surface area contributed by atoms with Gasteiger partial charge >= 0.3 is 5.97 Å². The lowest BCUT2D eigenvalue weighted by Crippen LogP contribution is -2.22. The summed E-state index contributed by atoms with van der Waals surface area (Å²) < 4.78 is 10.2. The second-order valence-electron chi connectivity index (χ2n) is 6.88. The molecule has 30 heavy (non-hydrogen) atoms. The fourth-order valence-corrected chi connectivity index (χ4v) is 3.12. The average molecular weight is 406 g/mol. The van der Waals surface area contributed by atoms with E-state index in [0.29, 0.717) is 5.69 Å². The van der Waals surface area contributed by atoms with Gasteiger partial charge in [0.15, 0.2) is 12.4 Å². The number of carbonyl (C=O) groups excluding carboxylic acids is 3. The smallest absolute Gasteiger partial charge is 0.340 e. The Labute approximate surface area is 174 Å². The minimum absolute atomic E-state index is 0.112. The number of furan rings is 1. The molecule has 0 spiro atoms. The minimum atomic E-state index is -0.724. The Kier molecular flexibility index (Phi) is 6.32. The molecule has 0 saturated heterocycles. The van der Waals surface area contributed by atoms with E-state index in [1.165, 1.54) is 18.4 Å². The summed E-state index contributed by atoms with van der Waals surface area (Å²) in [5, 5.41) is 5.39. The van der Waals surface area contributed by atoms with Crippen molar-refractivity contribution < 1.29 is 23.5 Å². The van der Waals surface area contributed by atoms with Crippen LogP contribution >= 0.6 is 0 Å². The average Bonchev–Trinajstić information content (AvgIpc) is 3.24. The zero-order valence-electron chi connectivity index (χ0n) is 16.9. The van der Waals surface area contributed by atoms with E-state index in [2.05, 4.69) is 10.6 Å². The highest BCUT2D eigenvalue weighted by Gasteiger charge is 2.18. The van der Waals surface area contributed by atoms with Crippen molar-refractivity contribution >= 4 is 29.2 Å². The van der Waals surface area contributed by atoms with E-state index in [1.807, 2.05) is 32.9 Å². The molecule has 1 heterocycles. The van der Waals surface area contributed by atoms with Gasteiger partial charge in [0.1, 0.15) is 0 Å². The van der Waals surface area contributed by atoms with Crippen LogP contribution in [0.2, 0.25) is 0 Å². The predicted octanol–water partition coefficient (Wildman–Crippen LogP) is 4.25. The molecule has 0 aliphatic carbocycles. The molecule has 0 bridgehead atoms. The van der Waals surface area contributed by atoms with Gasteiger partial charge in [-0.05, 0) is 56.2 Å². The van der Waals surface area contributed by atoms with Crippen molar-refractivity contribution in [3.8, 4) is 0 Å². The monoisotopic (exact) mass is 406 g/mol. The summed E-state index contributed by atoms with van der Waals surface area (Å²) in [7, 11) is 0. The van der Waals surface area contributed by atoms with E-state index in [4.69, 9.17) is 9.15 Å². The van der Waals surface area contributed by atoms with Crippen molar-refractivity contribution in [2.75, 3.05) is 17.2 Å². The highest BCUT2D eigenvalue weighted by Crippen LogP contribution is 2.22. The third-order valence-electron chi connectivity index (χ3n) is 4.42. The van der Waals surface area contributed by atoms with E-state index in [0.717, 1.165) is 16.7 Å². The number of anilines is 2. The quantitative estimate of drug-likeness (QED) is 0.597. The maximum atomic E-state index is 12.5. The van der Waals surface area contributed by atoms with Crippen molar-refractivity contribution in [2.45, 2.75) is 20.8 Å². The number of para-hydroxylation sites is 1. The number of amides is 2. The molecule has 0 saturated carbocycles. The third-order valence-corrected chi connectivity index (χ3v) is 4.42. The van der Waals surface area contributed by atoms with E-state index < -0.39 is 24.4 Å². The third kappa shape index (κ3) is 4.94. The number of carbonyl (C=O) groups is 3. The van der Waals surface area contributed by atoms with E-state index in [1.54, 1.807) is 24.3 Å². The molecule has 154 valence electrons. The number of rotatable bonds is 6. The van der Waals surface area contributed by atoms with Crippen LogP contribution in [0.5, 0.6) is 0 Å². The zero-order chi connectivity index (χ0) is 21.7. The Morgan fingerprint density at radius 3 is 2.30 bits per heavy atom. The molecule has 7 nitrogen and oxygen atoms in total. The highest BCUT2D eigenvalue weighted by molar-refractivity contribution is 6.07. The number of hydrogen-bond donors (Lipinski definition) is 2. The summed E-state index contributed by atoms with van der Waals surface area (Å²) >= 11 is 0. The number of hydrogen-bond acceptors (Lipinski definition) is 5. The number of nitrogens with one attached hydrogen (secondary N) is 2. The van der Waals surface area contributed by atoms with Crippen LogP contribution in [0.1, 0.15) is 37.6 Å². The van der Waals surface area contributed by atoms with Gasteiger partial charge in [0.2, 0.25) is 0 Å². The Morgan fingerprint density at radius 1 is 0.933 bits per heavy atom. The summed E-state index contributed by atoms with van der Waals surface area (Å²) in [6.45, 7) is 5.33. The van der Waals surface area contributed by atoms with Crippen molar-refractivity contribution in [1.82, 2.24) is 0 Å². The Bertz CT molecular complexity index is 1060. The summed E-state index contributed by atoms with van der Waals surface area (Å²) in [4.78, 5) is 37.0. The van der Waals surface area contributed by atoms with Gasteiger partial charge in [0.05, 0.1) is 17.5 Å². The van der Waals surface area contributed by atoms with Gasteiger partial charge in [-0.1, -0.05) is 29.8 Å². The van der Waals surface area contributed by atoms with Crippen molar-refractivity contribution in [3.05, 3.63) is 82.8 Å². The molecule has 3 aromatic rings. The molecule has 7 heteroatoms. The summed E-state index contributed by atoms with van der Waals surface area (Å²) in [5.74, 6) is -1.56. The lowest BCUT2D eigenvalue weighted by Gasteiger charge is -2.13. The summed E-state index contributed by atoms with van der Waals surface area (Å²) in [6, 6.07) is 13.4. The summed E-state index contributed by atoms with van der Waals surface area (Å²) in [6.07, 6.45) is 1.38. The van der Waals surface area contributed by atoms with Crippen LogP contribution in [0.3, 0.4) is 0 Å². The summed E-state index contributed by atoms with van der Waals surface area (Å²) in [5.41, 5.74) is 4.05. The normalized spacial score (nSPS) is 10.4. The molecule has 0 radical (unpaired) electrons. The Hall–Kier alpha value is -3.87. The van der Waals surface area contributed by atoms with Gasteiger partial charge < -0.3 is 19.8 Å². The zero-order valence-corrected chi connectivity index (χ0v) is 16.9. The van der Waals surface area contributed by atoms with Crippen LogP contribution in [0.4, 0.5) is 11.4 Å². The van der Waals surface area contributed by atoms with Gasteiger partial charge in [-0.3, -0.25) is 9.59 Å². The van der Waals surface area contributed by atoms with Crippen LogP contribution < -0.4 is 10.6 Å². The molecule has 0 fully saturated rings. The lowest BCUT2D eigenvalue weighted by molar-refractivity contribution is -0.119. The van der Waals surface area contributed by atoms with Gasteiger partial charge in [-0.25, -0.2) is 4.79 Å². The highest BCUT2D eigenvalue weighted by atomic mass is 16.5. The van der Waals surface area contributed by atoms with Crippen LogP contribution in [-0.4, -0.2) is 24.4 Å². The Balaban J connectivity index is 1.64. The maximum Gasteiger partial charge on any atom is 0.340 e. The molecule has 1 aromatic heterocycles. The van der Waals surface area contributed by atoms with Gasteiger partial charge in [-0.2, -0.15) is 0 Å². The van der Waals surface area contributed by atoms with E-state index >= 15 is 0 Å². The first kappa shape index (κ1) is 20.9. The number of benzene rings is 2. The first-order valence-electron chi connectivity index (χ1n) is 9.34. The maximum absolute atomic E-state index is 12.5.